The molecule has 0 saturated carbocycles. The Hall–Kier alpha value is -2.04. The van der Waals surface area contributed by atoms with Crippen molar-refractivity contribution in [3.05, 3.63) is 34.9 Å². The number of aryl methyl sites for hydroxylation is 1. The molecule has 0 bridgehead atoms. The average Bonchev–Trinajstić information content (AvgIpc) is 3.19. The zero-order valence-corrected chi connectivity index (χ0v) is 17.0. The van der Waals surface area contributed by atoms with Gasteiger partial charge in [-0.25, -0.2) is 4.79 Å². The molecule has 2 atom stereocenters. The second-order valence-electron chi connectivity index (χ2n) is 8.75. The summed E-state index contributed by atoms with van der Waals surface area (Å²) in [6.45, 7) is 8.70. The van der Waals surface area contributed by atoms with Crippen LogP contribution in [0.25, 0.3) is 0 Å². The lowest BCUT2D eigenvalue weighted by atomic mass is 9.87. The second-order valence-corrected chi connectivity index (χ2v) is 8.75. The maximum Gasteiger partial charge on any atom is 0.407 e. The van der Waals surface area contributed by atoms with Crippen LogP contribution in [0.2, 0.25) is 0 Å². The second kappa shape index (κ2) is 7.91. The molecule has 0 radical (unpaired) electrons. The van der Waals surface area contributed by atoms with Crippen molar-refractivity contribution in [2.75, 3.05) is 13.1 Å². The predicted octanol–water partition coefficient (Wildman–Crippen LogP) is 3.79. The first kappa shape index (κ1) is 19.7. The largest absolute Gasteiger partial charge is 0.444 e. The summed E-state index contributed by atoms with van der Waals surface area (Å²) in [4.78, 5) is 26.2. The minimum Gasteiger partial charge on any atom is -0.444 e. The van der Waals surface area contributed by atoms with Crippen LogP contribution in [-0.4, -0.2) is 41.6 Å². The van der Waals surface area contributed by atoms with Crippen molar-refractivity contribution in [2.24, 2.45) is 0 Å². The number of hydrogen-bond acceptors (Lipinski definition) is 3. The molecular formula is C22H32N2O3. The van der Waals surface area contributed by atoms with Gasteiger partial charge >= 0.3 is 6.09 Å². The molecule has 0 aromatic heterocycles. The molecule has 1 saturated heterocycles. The van der Waals surface area contributed by atoms with Crippen molar-refractivity contribution < 1.29 is 14.3 Å². The molecule has 5 heteroatoms. The van der Waals surface area contributed by atoms with E-state index in [1.807, 2.05) is 25.7 Å². The zero-order valence-electron chi connectivity index (χ0n) is 17.0. The third-order valence-electron chi connectivity index (χ3n) is 5.65. The van der Waals surface area contributed by atoms with Gasteiger partial charge in [0.05, 0.1) is 0 Å². The van der Waals surface area contributed by atoms with Gasteiger partial charge in [-0.1, -0.05) is 25.1 Å². The maximum atomic E-state index is 12.4. The molecule has 1 aromatic rings. The monoisotopic (exact) mass is 372 g/mol. The van der Waals surface area contributed by atoms with Gasteiger partial charge in [-0.15, -0.1) is 0 Å². The number of carbonyl (C=O) groups is 2. The lowest BCUT2D eigenvalue weighted by molar-refractivity contribution is -0.129. The molecule has 27 heavy (non-hydrogen) atoms. The van der Waals surface area contributed by atoms with E-state index in [4.69, 9.17) is 4.74 Å². The van der Waals surface area contributed by atoms with Gasteiger partial charge in [0.25, 0.3) is 0 Å². The normalized spacial score (nSPS) is 20.5. The Morgan fingerprint density at radius 2 is 2.07 bits per heavy atom. The first-order valence-electron chi connectivity index (χ1n) is 10.1. The van der Waals surface area contributed by atoms with E-state index in [9.17, 15) is 9.59 Å². The highest BCUT2D eigenvalue weighted by molar-refractivity contribution is 5.79. The zero-order chi connectivity index (χ0) is 19.6. The van der Waals surface area contributed by atoms with Crippen LogP contribution in [-0.2, 0) is 22.4 Å². The van der Waals surface area contributed by atoms with Crippen LogP contribution in [0.4, 0.5) is 4.79 Å². The number of fused-ring (bicyclic) bond motifs is 1. The third-order valence-corrected chi connectivity index (χ3v) is 5.65. The van der Waals surface area contributed by atoms with E-state index in [0.717, 1.165) is 12.8 Å². The quantitative estimate of drug-likeness (QED) is 0.855. The smallest absolute Gasteiger partial charge is 0.407 e. The third kappa shape index (κ3) is 4.63. The van der Waals surface area contributed by atoms with E-state index in [0.29, 0.717) is 25.4 Å². The minimum atomic E-state index is -0.516. The molecular weight excluding hydrogens is 340 g/mol. The fourth-order valence-electron chi connectivity index (χ4n) is 4.44. The van der Waals surface area contributed by atoms with Gasteiger partial charge in [0, 0.05) is 31.5 Å². The predicted molar refractivity (Wildman–Crippen MR) is 106 cm³/mol. The van der Waals surface area contributed by atoms with Crippen molar-refractivity contribution in [2.45, 2.75) is 77.4 Å². The molecule has 0 unspecified atom stereocenters. The highest BCUT2D eigenvalue weighted by Gasteiger charge is 2.36. The number of benzene rings is 1. The number of ether oxygens (including phenoxy) is 1. The molecule has 1 N–H and O–H groups in total. The summed E-state index contributed by atoms with van der Waals surface area (Å²) < 4.78 is 5.27. The molecule has 1 aliphatic carbocycles. The number of carbonyl (C=O) groups excluding carboxylic acids is 2. The van der Waals surface area contributed by atoms with Gasteiger partial charge in [-0.3, -0.25) is 4.79 Å². The molecule has 1 aliphatic heterocycles. The lowest BCUT2D eigenvalue weighted by Gasteiger charge is -2.31. The number of alkyl carbamates (subject to hydrolysis) is 1. The standard InChI is InChI=1S/C22H32N2O3/c1-15(17-9-5-7-16-8-6-10-18(16)17)19-11-12-20(25)24(19)14-13-23-21(26)27-22(2,3)4/h5,7,9,15,19H,6,8,10-14H2,1-4H3,(H,23,26)/t15-,19+/m1/s1. The summed E-state index contributed by atoms with van der Waals surface area (Å²) in [7, 11) is 0. The molecule has 2 aliphatic rings. The maximum absolute atomic E-state index is 12.4. The van der Waals surface area contributed by atoms with Crippen molar-refractivity contribution in [1.29, 1.82) is 0 Å². The van der Waals surface area contributed by atoms with Crippen LogP contribution in [0, 0.1) is 0 Å². The summed E-state index contributed by atoms with van der Waals surface area (Å²) >= 11 is 0. The van der Waals surface area contributed by atoms with Gasteiger partial charge in [-0.05, 0) is 63.1 Å². The van der Waals surface area contributed by atoms with E-state index >= 15 is 0 Å². The fraction of sp³-hybridized carbons (Fsp3) is 0.636. The lowest BCUT2D eigenvalue weighted by Crippen LogP contribution is -2.43. The van der Waals surface area contributed by atoms with Crippen LogP contribution in [0.1, 0.15) is 69.6 Å². The number of nitrogens with one attached hydrogen (secondary N) is 1. The number of hydrogen-bond donors (Lipinski definition) is 1. The van der Waals surface area contributed by atoms with Gasteiger partial charge in [0.1, 0.15) is 5.60 Å². The molecule has 3 rings (SSSR count). The van der Waals surface area contributed by atoms with Crippen LogP contribution >= 0.6 is 0 Å². The van der Waals surface area contributed by atoms with E-state index in [1.54, 1.807) is 0 Å². The summed E-state index contributed by atoms with van der Waals surface area (Å²) in [6.07, 6.45) is 4.60. The average molecular weight is 373 g/mol. The number of nitrogens with zero attached hydrogens (tertiary/aromatic N) is 1. The van der Waals surface area contributed by atoms with Crippen molar-refractivity contribution in [3.8, 4) is 0 Å². The Bertz CT molecular complexity index is 708. The summed E-state index contributed by atoms with van der Waals surface area (Å²) in [5.41, 5.74) is 3.85. The molecule has 1 aromatic carbocycles. The Morgan fingerprint density at radius 1 is 1.30 bits per heavy atom. The highest BCUT2D eigenvalue weighted by Crippen LogP contribution is 2.36. The van der Waals surface area contributed by atoms with E-state index in [2.05, 4.69) is 30.4 Å². The number of likely N-dealkylation sites (tertiary alicyclic amines) is 1. The number of amides is 2. The van der Waals surface area contributed by atoms with Crippen LogP contribution in [0.3, 0.4) is 0 Å². The molecule has 148 valence electrons. The number of rotatable bonds is 5. The van der Waals surface area contributed by atoms with Crippen molar-refractivity contribution in [3.63, 3.8) is 0 Å². The molecule has 1 heterocycles. The van der Waals surface area contributed by atoms with E-state index in [-0.39, 0.29) is 11.9 Å². The van der Waals surface area contributed by atoms with Gasteiger partial charge in [0.15, 0.2) is 0 Å². The van der Waals surface area contributed by atoms with E-state index < -0.39 is 11.7 Å². The summed E-state index contributed by atoms with van der Waals surface area (Å²) in [6, 6.07) is 6.82. The van der Waals surface area contributed by atoms with Gasteiger partial charge < -0.3 is 15.0 Å². The first-order valence-corrected chi connectivity index (χ1v) is 10.1. The summed E-state index contributed by atoms with van der Waals surface area (Å²) in [5.74, 6) is 0.497. The topological polar surface area (TPSA) is 58.6 Å². The van der Waals surface area contributed by atoms with E-state index in [1.165, 1.54) is 29.5 Å². The highest BCUT2D eigenvalue weighted by atomic mass is 16.6. The Morgan fingerprint density at radius 3 is 2.81 bits per heavy atom. The van der Waals surface area contributed by atoms with Gasteiger partial charge in [0.2, 0.25) is 5.91 Å². The Labute approximate surface area is 162 Å². The molecule has 0 spiro atoms. The van der Waals surface area contributed by atoms with Crippen molar-refractivity contribution >= 4 is 12.0 Å². The van der Waals surface area contributed by atoms with Crippen LogP contribution in [0.15, 0.2) is 18.2 Å². The summed E-state index contributed by atoms with van der Waals surface area (Å²) in [5, 5.41) is 2.77. The van der Waals surface area contributed by atoms with Gasteiger partial charge in [-0.2, -0.15) is 0 Å². The van der Waals surface area contributed by atoms with Crippen LogP contribution < -0.4 is 5.32 Å². The molecule has 5 nitrogen and oxygen atoms in total. The SMILES string of the molecule is C[C@H](c1cccc2c1CCC2)[C@@H]1CCC(=O)N1CCNC(=O)OC(C)(C)C. The Kier molecular flexibility index (Phi) is 5.78. The fourth-order valence-corrected chi connectivity index (χ4v) is 4.44. The molecule has 1 fully saturated rings. The Balaban J connectivity index is 1.63. The van der Waals surface area contributed by atoms with Crippen molar-refractivity contribution in [1.82, 2.24) is 10.2 Å². The minimum absolute atomic E-state index is 0.186. The first-order chi connectivity index (χ1) is 12.8. The van der Waals surface area contributed by atoms with Crippen LogP contribution in [0.5, 0.6) is 0 Å². The molecule has 2 amide bonds.